The lowest BCUT2D eigenvalue weighted by Crippen LogP contribution is -2.59. The molecule has 0 saturated heterocycles. The highest BCUT2D eigenvalue weighted by Crippen LogP contribution is 2.55. The summed E-state index contributed by atoms with van der Waals surface area (Å²) in [6.45, 7) is 9.50. The van der Waals surface area contributed by atoms with E-state index in [0.29, 0.717) is 12.1 Å². The van der Waals surface area contributed by atoms with Crippen molar-refractivity contribution in [1.29, 1.82) is 0 Å². The maximum atomic E-state index is 14.2. The van der Waals surface area contributed by atoms with Gasteiger partial charge in [-0.25, -0.2) is 4.79 Å². The number of allylic oxidation sites excluding steroid dienone is 1. The Morgan fingerprint density at radius 1 is 1.18 bits per heavy atom. The Kier molecular flexibility index (Phi) is 5.07. The Labute approximate surface area is 191 Å². The molecule has 0 radical (unpaired) electrons. The number of rotatable bonds is 4. The third-order valence-electron chi connectivity index (χ3n) is 6.43. The van der Waals surface area contributed by atoms with Gasteiger partial charge in [-0.05, 0) is 30.9 Å². The molecule has 2 heterocycles. The molecule has 172 valence electrons. The number of anilines is 1. The van der Waals surface area contributed by atoms with E-state index in [0.717, 1.165) is 17.6 Å². The Bertz CT molecular complexity index is 1170. The molecule has 1 N–H and O–H groups in total. The smallest absolute Gasteiger partial charge is 0.341 e. The molecule has 0 aromatic heterocycles. The lowest BCUT2D eigenvalue weighted by molar-refractivity contribution is -0.139. The van der Waals surface area contributed by atoms with Crippen LogP contribution in [0.2, 0.25) is 0 Å². The predicted octanol–water partition coefficient (Wildman–Crippen LogP) is 2.74. The van der Waals surface area contributed by atoms with E-state index >= 15 is 0 Å². The highest BCUT2D eigenvalue weighted by molar-refractivity contribution is 6.29. The van der Waals surface area contributed by atoms with Crippen LogP contribution >= 0.6 is 0 Å². The molecule has 8 heteroatoms. The number of benzene rings is 1. The lowest BCUT2D eigenvalue weighted by atomic mass is 9.70. The third kappa shape index (κ3) is 2.97. The maximum Gasteiger partial charge on any atom is 0.341 e. The SMILES string of the molecule is C=CCN1C(=O)C2(C(C(=O)OC)=C(O)C(=O)N2c2ccc(C)cc2)C2=C1CC(C)(C)CC2=O. The van der Waals surface area contributed by atoms with Gasteiger partial charge in [-0.1, -0.05) is 37.6 Å². The van der Waals surface area contributed by atoms with Crippen molar-refractivity contribution in [3.8, 4) is 0 Å². The maximum absolute atomic E-state index is 14.2. The normalized spacial score (nSPS) is 24.2. The highest BCUT2D eigenvalue weighted by atomic mass is 16.5. The van der Waals surface area contributed by atoms with Gasteiger partial charge in [0, 0.05) is 24.4 Å². The van der Waals surface area contributed by atoms with Gasteiger partial charge >= 0.3 is 5.97 Å². The van der Waals surface area contributed by atoms with E-state index in [1.807, 2.05) is 20.8 Å². The standard InChI is InChI=1S/C25H26N2O6/c1-6-11-26-16-12-24(3,4)13-17(28)18(16)25(23(26)32)19(22(31)33-5)20(29)21(30)27(25)15-9-7-14(2)8-10-15/h6-10,29H,1,11-13H2,2-5H3. The van der Waals surface area contributed by atoms with Gasteiger partial charge in [0.05, 0.1) is 12.7 Å². The zero-order valence-corrected chi connectivity index (χ0v) is 19.1. The van der Waals surface area contributed by atoms with E-state index in [1.54, 1.807) is 24.3 Å². The minimum atomic E-state index is -2.14. The first kappa shape index (κ1) is 22.5. The number of ketones is 1. The van der Waals surface area contributed by atoms with E-state index < -0.39 is 40.1 Å². The second-order valence-electron chi connectivity index (χ2n) is 9.37. The number of esters is 1. The molecule has 1 spiro atoms. The topological polar surface area (TPSA) is 104 Å². The number of aryl methyl sites for hydroxylation is 1. The van der Waals surface area contributed by atoms with Gasteiger partial charge in [-0.15, -0.1) is 6.58 Å². The molecule has 3 aliphatic rings. The Morgan fingerprint density at radius 2 is 1.82 bits per heavy atom. The van der Waals surface area contributed by atoms with Gasteiger partial charge in [0.2, 0.25) is 0 Å². The highest BCUT2D eigenvalue weighted by Gasteiger charge is 2.70. The molecule has 4 rings (SSSR count). The van der Waals surface area contributed by atoms with Crippen molar-refractivity contribution in [2.75, 3.05) is 18.6 Å². The van der Waals surface area contributed by atoms with Crippen LogP contribution in [0.5, 0.6) is 0 Å². The first-order valence-corrected chi connectivity index (χ1v) is 10.6. The van der Waals surface area contributed by atoms with E-state index in [1.165, 1.54) is 11.0 Å². The van der Waals surface area contributed by atoms with E-state index in [2.05, 4.69) is 6.58 Å². The van der Waals surface area contributed by atoms with Crippen LogP contribution < -0.4 is 4.90 Å². The number of methoxy groups -OCH3 is 1. The second kappa shape index (κ2) is 7.43. The Hall–Kier alpha value is -3.68. The summed E-state index contributed by atoms with van der Waals surface area (Å²) in [5, 5.41) is 10.8. The van der Waals surface area contributed by atoms with Gasteiger partial charge in [0.15, 0.2) is 17.1 Å². The van der Waals surface area contributed by atoms with Crippen LogP contribution in [-0.4, -0.2) is 52.8 Å². The average Bonchev–Trinajstić information content (AvgIpc) is 3.11. The lowest BCUT2D eigenvalue weighted by Gasteiger charge is -2.38. The number of fused-ring (bicyclic) bond motifs is 1. The van der Waals surface area contributed by atoms with E-state index in [9.17, 15) is 24.3 Å². The first-order valence-electron chi connectivity index (χ1n) is 10.6. The third-order valence-corrected chi connectivity index (χ3v) is 6.43. The van der Waals surface area contributed by atoms with Gasteiger partial charge in [-0.2, -0.15) is 0 Å². The molecule has 1 atom stereocenters. The summed E-state index contributed by atoms with van der Waals surface area (Å²) < 4.78 is 4.88. The van der Waals surface area contributed by atoms with Crippen molar-refractivity contribution in [1.82, 2.24) is 4.90 Å². The van der Waals surface area contributed by atoms with E-state index in [4.69, 9.17) is 4.74 Å². The molecule has 2 amide bonds. The number of aliphatic hydroxyl groups excluding tert-OH is 1. The van der Waals surface area contributed by atoms with Crippen molar-refractivity contribution >= 4 is 29.3 Å². The zero-order valence-electron chi connectivity index (χ0n) is 19.1. The number of carbonyl (C=O) groups is 4. The number of hydrogen-bond acceptors (Lipinski definition) is 6. The minimum absolute atomic E-state index is 0.0343. The molecule has 0 saturated carbocycles. The minimum Gasteiger partial charge on any atom is -0.503 e. The van der Waals surface area contributed by atoms with Crippen LogP contribution in [0, 0.1) is 12.3 Å². The van der Waals surface area contributed by atoms with Crippen LogP contribution in [0.15, 0.2) is 59.5 Å². The number of nitrogens with zero attached hydrogens (tertiary/aromatic N) is 2. The van der Waals surface area contributed by atoms with Crippen LogP contribution in [0.25, 0.3) is 0 Å². The molecular weight excluding hydrogens is 424 g/mol. The fourth-order valence-electron chi connectivity index (χ4n) is 5.12. The number of hydrogen-bond donors (Lipinski definition) is 1. The van der Waals surface area contributed by atoms with Crippen LogP contribution in [0.1, 0.15) is 32.3 Å². The summed E-state index contributed by atoms with van der Waals surface area (Å²) in [5.74, 6) is -3.92. The predicted molar refractivity (Wildman–Crippen MR) is 120 cm³/mol. The van der Waals surface area contributed by atoms with Crippen molar-refractivity contribution in [3.05, 3.63) is 65.1 Å². The van der Waals surface area contributed by atoms with Gasteiger partial charge < -0.3 is 14.7 Å². The molecular formula is C25H26N2O6. The number of aliphatic hydroxyl groups is 1. The first-order chi connectivity index (χ1) is 15.5. The summed E-state index contributed by atoms with van der Waals surface area (Å²) in [4.78, 5) is 56.5. The van der Waals surface area contributed by atoms with Crippen molar-refractivity contribution in [2.45, 2.75) is 39.2 Å². The second-order valence-corrected chi connectivity index (χ2v) is 9.37. The van der Waals surface area contributed by atoms with Gasteiger partial charge in [0.1, 0.15) is 5.57 Å². The summed E-state index contributed by atoms with van der Waals surface area (Å²) in [6, 6.07) is 6.71. The summed E-state index contributed by atoms with van der Waals surface area (Å²) >= 11 is 0. The van der Waals surface area contributed by atoms with Crippen molar-refractivity contribution in [3.63, 3.8) is 0 Å². The molecule has 1 aromatic carbocycles. The summed E-state index contributed by atoms with van der Waals surface area (Å²) in [5.41, 5.74) is -1.46. The van der Waals surface area contributed by atoms with Crippen molar-refractivity contribution in [2.24, 2.45) is 5.41 Å². The fourth-order valence-corrected chi connectivity index (χ4v) is 5.12. The largest absolute Gasteiger partial charge is 0.503 e. The van der Waals surface area contributed by atoms with Crippen LogP contribution in [-0.2, 0) is 23.9 Å². The molecule has 2 aliphatic heterocycles. The molecule has 8 nitrogen and oxygen atoms in total. The Morgan fingerprint density at radius 3 is 2.39 bits per heavy atom. The fraction of sp³-hybridized carbons (Fsp3) is 0.360. The van der Waals surface area contributed by atoms with Crippen LogP contribution in [0.3, 0.4) is 0 Å². The summed E-state index contributed by atoms with van der Waals surface area (Å²) in [7, 11) is 1.09. The Balaban J connectivity index is 2.10. The van der Waals surface area contributed by atoms with Crippen molar-refractivity contribution < 1.29 is 29.0 Å². The molecule has 1 aliphatic carbocycles. The summed E-state index contributed by atoms with van der Waals surface area (Å²) in [6.07, 6.45) is 2.01. The molecule has 1 unspecified atom stereocenters. The van der Waals surface area contributed by atoms with Gasteiger partial charge in [-0.3, -0.25) is 19.3 Å². The van der Waals surface area contributed by atoms with Gasteiger partial charge in [0.25, 0.3) is 11.8 Å². The molecule has 0 bridgehead atoms. The zero-order chi connectivity index (χ0) is 24.3. The van der Waals surface area contributed by atoms with Crippen LogP contribution in [0.4, 0.5) is 5.69 Å². The number of Topliss-reactive ketones (excluding diaryl/α,β-unsaturated/α-hetero) is 1. The molecule has 33 heavy (non-hydrogen) atoms. The number of carbonyl (C=O) groups excluding carboxylic acids is 4. The quantitative estimate of drug-likeness (QED) is 0.559. The number of ether oxygens (including phenoxy) is 1. The van der Waals surface area contributed by atoms with E-state index in [-0.39, 0.29) is 30.0 Å². The molecule has 0 fully saturated rings. The molecule has 1 aromatic rings. The number of amides is 2. The monoisotopic (exact) mass is 450 g/mol. The average molecular weight is 450 g/mol.